The van der Waals surface area contributed by atoms with Crippen LogP contribution in [-0.4, -0.2) is 73.3 Å². The molecule has 0 radical (unpaired) electrons. The molecular formula is C19H28N8O. The van der Waals surface area contributed by atoms with Crippen LogP contribution in [0.25, 0.3) is 0 Å². The molecule has 9 heteroatoms. The maximum atomic E-state index is 13.1. The molecule has 28 heavy (non-hydrogen) atoms. The molecule has 3 aliphatic rings. The molecule has 150 valence electrons. The van der Waals surface area contributed by atoms with Crippen LogP contribution in [0.4, 0.5) is 0 Å². The molecule has 1 unspecified atom stereocenters. The third kappa shape index (κ3) is 2.83. The molecular weight excluding hydrogens is 356 g/mol. The first-order valence-electron chi connectivity index (χ1n) is 10.4. The average molecular weight is 384 g/mol. The minimum Gasteiger partial charge on any atom is -0.335 e. The molecule has 2 aliphatic carbocycles. The van der Waals surface area contributed by atoms with Gasteiger partial charge in [0.05, 0.1) is 6.04 Å². The van der Waals surface area contributed by atoms with Crippen molar-refractivity contribution in [2.75, 3.05) is 27.2 Å². The van der Waals surface area contributed by atoms with Crippen molar-refractivity contribution in [3.8, 4) is 0 Å². The average Bonchev–Trinajstić information content (AvgIpc) is 3.22. The molecule has 5 rings (SSSR count). The number of rotatable bonds is 5. The number of nitrogens with zero attached hydrogens (tertiary/aromatic N) is 7. The zero-order valence-electron chi connectivity index (χ0n) is 16.6. The summed E-state index contributed by atoms with van der Waals surface area (Å²) in [6, 6.07) is 2.30. The summed E-state index contributed by atoms with van der Waals surface area (Å²) in [6.45, 7) is 1.26. The van der Waals surface area contributed by atoms with E-state index in [0.717, 1.165) is 30.8 Å². The van der Waals surface area contributed by atoms with Gasteiger partial charge in [0, 0.05) is 24.7 Å². The number of hydrogen-bond donors (Lipinski definition) is 1. The summed E-state index contributed by atoms with van der Waals surface area (Å²) in [5.41, 5.74) is 1.25. The van der Waals surface area contributed by atoms with Crippen molar-refractivity contribution in [2.45, 2.75) is 62.4 Å². The largest absolute Gasteiger partial charge is 0.335 e. The Bertz CT molecular complexity index is 863. The van der Waals surface area contributed by atoms with Crippen LogP contribution < -0.4 is 0 Å². The topological polar surface area (TPSA) is 95.8 Å². The van der Waals surface area contributed by atoms with Gasteiger partial charge in [-0.3, -0.25) is 14.8 Å². The van der Waals surface area contributed by atoms with E-state index in [4.69, 9.17) is 0 Å². The molecule has 1 N–H and O–H groups in total. The molecule has 1 atom stereocenters. The van der Waals surface area contributed by atoms with Crippen molar-refractivity contribution < 1.29 is 4.79 Å². The zero-order valence-corrected chi connectivity index (χ0v) is 16.6. The van der Waals surface area contributed by atoms with Crippen LogP contribution in [0, 0.1) is 0 Å². The van der Waals surface area contributed by atoms with Crippen molar-refractivity contribution in [3.05, 3.63) is 23.3 Å². The number of likely N-dealkylation sites (tertiary alicyclic amines) is 1. The van der Waals surface area contributed by atoms with E-state index in [9.17, 15) is 4.79 Å². The van der Waals surface area contributed by atoms with Gasteiger partial charge in [0.2, 0.25) is 0 Å². The maximum Gasteiger partial charge on any atom is 0.274 e. The third-order valence-corrected chi connectivity index (χ3v) is 6.80. The smallest absolute Gasteiger partial charge is 0.274 e. The summed E-state index contributed by atoms with van der Waals surface area (Å²) >= 11 is 0. The van der Waals surface area contributed by atoms with E-state index in [-0.39, 0.29) is 11.4 Å². The number of aromatic amines is 1. The maximum absolute atomic E-state index is 13.1. The molecule has 0 aromatic carbocycles. The fourth-order valence-electron chi connectivity index (χ4n) is 4.82. The molecule has 0 bridgehead atoms. The van der Waals surface area contributed by atoms with Gasteiger partial charge in [0.1, 0.15) is 11.2 Å². The highest BCUT2D eigenvalue weighted by atomic mass is 16.2. The third-order valence-electron chi connectivity index (χ3n) is 6.80. The van der Waals surface area contributed by atoms with Gasteiger partial charge in [0.25, 0.3) is 5.91 Å². The van der Waals surface area contributed by atoms with Crippen LogP contribution in [0.1, 0.15) is 78.9 Å². The molecule has 3 heterocycles. The van der Waals surface area contributed by atoms with Crippen LogP contribution in [-0.2, 0) is 5.54 Å². The van der Waals surface area contributed by atoms with Crippen LogP contribution in [0.15, 0.2) is 6.07 Å². The quantitative estimate of drug-likeness (QED) is 0.843. The number of H-pyrrole nitrogens is 1. The number of aromatic nitrogens is 6. The van der Waals surface area contributed by atoms with Crippen molar-refractivity contribution in [1.82, 2.24) is 40.2 Å². The van der Waals surface area contributed by atoms with Crippen LogP contribution >= 0.6 is 0 Å². The summed E-state index contributed by atoms with van der Waals surface area (Å²) in [5.74, 6) is 1.44. The number of carbonyl (C=O) groups is 1. The molecule has 2 aromatic heterocycles. The second kappa shape index (κ2) is 6.65. The summed E-state index contributed by atoms with van der Waals surface area (Å²) in [4.78, 5) is 17.2. The van der Waals surface area contributed by atoms with E-state index in [1.54, 1.807) is 0 Å². The highest BCUT2D eigenvalue weighted by molar-refractivity contribution is 5.92. The number of amides is 1. The SMILES string of the molecule is CN(C)C1(c2nnnn2C2CCCC2)CCN(C(=O)c2cc(C3CC3)[nH]n2)C1. The molecule has 3 fully saturated rings. The van der Waals surface area contributed by atoms with E-state index in [0.29, 0.717) is 30.7 Å². The lowest BCUT2D eigenvalue weighted by Gasteiger charge is -2.35. The molecule has 1 aliphatic heterocycles. The Hall–Kier alpha value is -2.29. The number of likely N-dealkylation sites (N-methyl/N-ethyl adjacent to an activating group) is 1. The molecule has 9 nitrogen and oxygen atoms in total. The first-order valence-corrected chi connectivity index (χ1v) is 10.4. The Labute approximate surface area is 164 Å². The van der Waals surface area contributed by atoms with Gasteiger partial charge in [-0.25, -0.2) is 4.68 Å². The summed E-state index contributed by atoms with van der Waals surface area (Å²) < 4.78 is 2.03. The molecule has 0 spiro atoms. The van der Waals surface area contributed by atoms with Gasteiger partial charge in [-0.15, -0.1) is 5.10 Å². The van der Waals surface area contributed by atoms with Gasteiger partial charge in [-0.05, 0) is 62.7 Å². The predicted molar refractivity (Wildman–Crippen MR) is 102 cm³/mol. The Morgan fingerprint density at radius 1 is 1.25 bits per heavy atom. The molecule has 1 saturated heterocycles. The zero-order chi connectivity index (χ0) is 19.3. The highest BCUT2D eigenvalue weighted by Crippen LogP contribution is 2.40. The first kappa shape index (κ1) is 17.8. The van der Waals surface area contributed by atoms with E-state index >= 15 is 0 Å². The minimum atomic E-state index is -0.364. The lowest BCUT2D eigenvalue weighted by atomic mass is 9.95. The number of carbonyl (C=O) groups excluding carboxylic acids is 1. The fraction of sp³-hybridized carbons (Fsp3) is 0.737. The Balaban J connectivity index is 1.40. The Morgan fingerprint density at radius 2 is 2.04 bits per heavy atom. The molecule has 2 saturated carbocycles. The highest BCUT2D eigenvalue weighted by Gasteiger charge is 2.48. The van der Waals surface area contributed by atoms with E-state index in [1.807, 2.05) is 15.6 Å². The summed E-state index contributed by atoms with van der Waals surface area (Å²) in [7, 11) is 4.11. The monoisotopic (exact) mass is 384 g/mol. The Morgan fingerprint density at radius 3 is 2.75 bits per heavy atom. The van der Waals surface area contributed by atoms with E-state index in [1.165, 1.54) is 25.7 Å². The molecule has 2 aromatic rings. The fourth-order valence-corrected chi connectivity index (χ4v) is 4.82. The lowest BCUT2D eigenvalue weighted by Crippen LogP contribution is -2.47. The second-order valence-electron chi connectivity index (χ2n) is 8.77. The number of tetrazole rings is 1. The van der Waals surface area contributed by atoms with Crippen LogP contribution in [0.3, 0.4) is 0 Å². The first-order chi connectivity index (χ1) is 13.6. The van der Waals surface area contributed by atoms with Gasteiger partial charge >= 0.3 is 0 Å². The summed E-state index contributed by atoms with van der Waals surface area (Å²) in [6.07, 6.45) is 7.90. The van der Waals surface area contributed by atoms with Gasteiger partial charge < -0.3 is 4.90 Å². The molecule has 1 amide bonds. The van der Waals surface area contributed by atoms with Gasteiger partial charge in [-0.1, -0.05) is 12.8 Å². The van der Waals surface area contributed by atoms with Gasteiger partial charge in [0.15, 0.2) is 5.82 Å². The van der Waals surface area contributed by atoms with Crippen molar-refractivity contribution in [3.63, 3.8) is 0 Å². The van der Waals surface area contributed by atoms with E-state index in [2.05, 4.69) is 44.7 Å². The predicted octanol–water partition coefficient (Wildman–Crippen LogP) is 1.69. The van der Waals surface area contributed by atoms with Crippen LogP contribution in [0.5, 0.6) is 0 Å². The van der Waals surface area contributed by atoms with E-state index < -0.39 is 0 Å². The standard InChI is InChI=1S/C19H28N8O/c1-25(2)19(18-22-23-24-27(18)14-5-3-4-6-14)9-10-26(12-19)17(28)16-11-15(20-21-16)13-7-8-13/h11,13-14H,3-10,12H2,1-2H3,(H,20,21). The number of nitrogens with one attached hydrogen (secondary N) is 1. The second-order valence-corrected chi connectivity index (χ2v) is 8.77. The Kier molecular flexibility index (Phi) is 4.22. The van der Waals surface area contributed by atoms with Crippen molar-refractivity contribution in [2.24, 2.45) is 0 Å². The summed E-state index contributed by atoms with van der Waals surface area (Å²) in [5, 5.41) is 20.1. The normalized spacial score (nSPS) is 25.9. The lowest BCUT2D eigenvalue weighted by molar-refractivity contribution is 0.0732. The van der Waals surface area contributed by atoms with Gasteiger partial charge in [-0.2, -0.15) is 5.10 Å². The van der Waals surface area contributed by atoms with Crippen molar-refractivity contribution in [1.29, 1.82) is 0 Å². The van der Waals surface area contributed by atoms with Crippen molar-refractivity contribution >= 4 is 5.91 Å². The van der Waals surface area contributed by atoms with Crippen LogP contribution in [0.2, 0.25) is 0 Å². The number of hydrogen-bond acceptors (Lipinski definition) is 6. The minimum absolute atomic E-state index is 0.00762.